The van der Waals surface area contributed by atoms with Crippen molar-refractivity contribution in [3.8, 4) is 6.07 Å². The Morgan fingerprint density at radius 3 is 2.46 bits per heavy atom. The molecule has 0 saturated carbocycles. The van der Waals surface area contributed by atoms with Crippen LogP contribution < -0.4 is 10.9 Å². The smallest absolute Gasteiger partial charge is 0.270 e. The molecular weight excluding hydrogens is 500 g/mol. The number of pyridine rings is 1. The first-order valence-electron chi connectivity index (χ1n) is 13.1. The number of thioether (sulfide) groups is 1. The fraction of sp³-hybridized carbons (Fsp3) is 0.448. The summed E-state index contributed by atoms with van der Waals surface area (Å²) in [6.07, 6.45) is 9.43. The van der Waals surface area contributed by atoms with Crippen molar-refractivity contribution in [2.75, 3.05) is 18.4 Å². The van der Waals surface area contributed by atoms with Crippen LogP contribution in [0.3, 0.4) is 0 Å². The first kappa shape index (κ1) is 28.7. The van der Waals surface area contributed by atoms with Crippen molar-refractivity contribution < 1.29 is 4.79 Å². The van der Waals surface area contributed by atoms with Crippen molar-refractivity contribution in [3.63, 3.8) is 0 Å². The number of carbonyl (C=O) groups excluding carboxylic acids is 1. The predicted molar refractivity (Wildman–Crippen MR) is 158 cm³/mol. The number of unbranched alkanes of at least 4 members (excludes halogenated alkanes) is 5. The van der Waals surface area contributed by atoms with Crippen molar-refractivity contribution in [2.45, 2.75) is 72.3 Å². The second kappa shape index (κ2) is 14.2. The van der Waals surface area contributed by atoms with E-state index in [0.717, 1.165) is 19.3 Å². The van der Waals surface area contributed by atoms with E-state index in [-0.39, 0.29) is 17.0 Å². The quantitative estimate of drug-likeness (QED) is 0.185. The van der Waals surface area contributed by atoms with Gasteiger partial charge in [-0.2, -0.15) is 5.26 Å². The van der Waals surface area contributed by atoms with Crippen molar-refractivity contribution in [1.29, 1.82) is 5.26 Å². The van der Waals surface area contributed by atoms with E-state index < -0.39 is 0 Å². The Morgan fingerprint density at radius 2 is 1.78 bits per heavy atom. The molecule has 0 atom stereocenters. The molecule has 8 heteroatoms. The van der Waals surface area contributed by atoms with Gasteiger partial charge in [-0.15, -0.1) is 0 Å². The van der Waals surface area contributed by atoms with E-state index in [9.17, 15) is 14.9 Å². The van der Waals surface area contributed by atoms with Crippen LogP contribution in [-0.4, -0.2) is 32.8 Å². The van der Waals surface area contributed by atoms with E-state index in [0.29, 0.717) is 45.8 Å². The van der Waals surface area contributed by atoms with Crippen molar-refractivity contribution in [3.05, 3.63) is 67.8 Å². The molecule has 2 aromatic rings. The highest BCUT2D eigenvalue weighted by molar-refractivity contribution is 8.26. The summed E-state index contributed by atoms with van der Waals surface area (Å²) in [7, 11) is 0. The molecule has 3 rings (SSSR count). The van der Waals surface area contributed by atoms with Gasteiger partial charge in [-0.1, -0.05) is 93.3 Å². The molecule has 0 bridgehead atoms. The first-order chi connectivity index (χ1) is 17.9. The minimum absolute atomic E-state index is 0.101. The third-order valence-electron chi connectivity index (χ3n) is 6.62. The van der Waals surface area contributed by atoms with Crippen molar-refractivity contribution in [1.82, 2.24) is 9.47 Å². The number of hydrogen-bond donors (Lipinski definition) is 1. The Balaban J connectivity index is 1.87. The SMILES string of the molecule is CCCCCCCCN1C(=O)/C(=C\c2c(C)c(C#N)c(=O)n(CC)c2NCCc2ccccc2)SC1=S. The van der Waals surface area contributed by atoms with E-state index in [2.05, 4.69) is 30.4 Å². The molecule has 6 nitrogen and oxygen atoms in total. The lowest BCUT2D eigenvalue weighted by molar-refractivity contribution is -0.122. The van der Waals surface area contributed by atoms with Gasteiger partial charge >= 0.3 is 0 Å². The van der Waals surface area contributed by atoms with Crippen LogP contribution in [0.15, 0.2) is 40.0 Å². The van der Waals surface area contributed by atoms with Crippen LogP contribution >= 0.6 is 24.0 Å². The maximum atomic E-state index is 13.3. The number of amides is 1. The lowest BCUT2D eigenvalue weighted by Crippen LogP contribution is -2.29. The van der Waals surface area contributed by atoms with Crippen LogP contribution in [0.4, 0.5) is 5.82 Å². The predicted octanol–water partition coefficient (Wildman–Crippen LogP) is 6.26. The molecule has 2 heterocycles. The number of nitriles is 1. The van der Waals surface area contributed by atoms with Crippen molar-refractivity contribution in [2.24, 2.45) is 0 Å². The van der Waals surface area contributed by atoms with Crippen LogP contribution in [0.2, 0.25) is 0 Å². The number of benzene rings is 1. The molecule has 1 aromatic heterocycles. The zero-order valence-electron chi connectivity index (χ0n) is 22.0. The van der Waals surface area contributed by atoms with E-state index in [1.165, 1.54) is 43.0 Å². The zero-order chi connectivity index (χ0) is 26.8. The Morgan fingerprint density at radius 1 is 1.08 bits per heavy atom. The Kier molecular flexibility index (Phi) is 11.0. The van der Waals surface area contributed by atoms with Gasteiger partial charge in [-0.25, -0.2) is 0 Å². The van der Waals surface area contributed by atoms with Gasteiger partial charge < -0.3 is 5.32 Å². The van der Waals surface area contributed by atoms with E-state index in [4.69, 9.17) is 12.2 Å². The average molecular weight is 537 g/mol. The monoisotopic (exact) mass is 536 g/mol. The number of rotatable bonds is 13. The largest absolute Gasteiger partial charge is 0.371 e. The van der Waals surface area contributed by atoms with Gasteiger partial charge in [-0.3, -0.25) is 19.1 Å². The Labute approximate surface area is 229 Å². The molecule has 1 aromatic carbocycles. The van der Waals surface area contributed by atoms with Gasteiger partial charge in [0.25, 0.3) is 11.5 Å². The summed E-state index contributed by atoms with van der Waals surface area (Å²) in [6.45, 7) is 7.48. The topological polar surface area (TPSA) is 78.1 Å². The number of thiocarbonyl (C=S) groups is 1. The maximum Gasteiger partial charge on any atom is 0.270 e. The van der Waals surface area contributed by atoms with Crippen LogP contribution in [0, 0.1) is 18.3 Å². The molecule has 37 heavy (non-hydrogen) atoms. The third-order valence-corrected chi connectivity index (χ3v) is 8.00. The minimum Gasteiger partial charge on any atom is -0.371 e. The molecular formula is C29H36N4O2S2. The number of nitrogens with zero attached hydrogens (tertiary/aromatic N) is 3. The molecule has 196 valence electrons. The lowest BCUT2D eigenvalue weighted by atomic mass is 10.0. The van der Waals surface area contributed by atoms with Gasteiger partial charge in [0.15, 0.2) is 0 Å². The fourth-order valence-corrected chi connectivity index (χ4v) is 5.79. The molecule has 1 N–H and O–H groups in total. The summed E-state index contributed by atoms with van der Waals surface area (Å²) < 4.78 is 2.14. The normalized spacial score (nSPS) is 14.4. The Bertz CT molecular complexity index is 1250. The zero-order valence-corrected chi connectivity index (χ0v) is 23.6. The standard InChI is InChI=1S/C29H36N4O2S2/c1-4-6-7-8-9-13-18-33-28(35)25(37-29(33)36)19-23-21(3)24(20-30)27(34)32(5-2)26(23)31-17-16-22-14-11-10-12-15-22/h10-12,14-15,19,31H,4-9,13,16-18H2,1-3H3/b25-19+. The second-order valence-corrected chi connectivity index (χ2v) is 10.9. The van der Waals surface area contributed by atoms with Gasteiger partial charge in [0.05, 0.1) is 4.91 Å². The lowest BCUT2D eigenvalue weighted by Gasteiger charge is -2.19. The minimum atomic E-state index is -0.322. The summed E-state index contributed by atoms with van der Waals surface area (Å²) in [4.78, 5) is 28.5. The summed E-state index contributed by atoms with van der Waals surface area (Å²) in [5, 5.41) is 13.2. The van der Waals surface area contributed by atoms with E-state index in [1.807, 2.05) is 25.1 Å². The van der Waals surface area contributed by atoms with Crippen LogP contribution in [-0.2, 0) is 17.8 Å². The molecule has 0 spiro atoms. The molecule has 0 aliphatic carbocycles. The number of carbonyl (C=O) groups is 1. The molecule has 1 aliphatic rings. The summed E-state index contributed by atoms with van der Waals surface area (Å²) >= 11 is 6.83. The van der Waals surface area contributed by atoms with E-state index in [1.54, 1.807) is 22.5 Å². The van der Waals surface area contributed by atoms with Gasteiger partial charge in [0, 0.05) is 25.2 Å². The Hall–Kier alpha value is -2.89. The van der Waals surface area contributed by atoms with Crippen LogP contribution in [0.1, 0.15) is 74.6 Å². The van der Waals surface area contributed by atoms with Gasteiger partial charge in [0.2, 0.25) is 0 Å². The summed E-state index contributed by atoms with van der Waals surface area (Å²) in [5.41, 5.74) is 2.22. The van der Waals surface area contributed by atoms with Crippen LogP contribution in [0.25, 0.3) is 6.08 Å². The highest BCUT2D eigenvalue weighted by Crippen LogP contribution is 2.35. The highest BCUT2D eigenvalue weighted by Gasteiger charge is 2.32. The van der Waals surface area contributed by atoms with Crippen molar-refractivity contribution >= 4 is 46.1 Å². The average Bonchev–Trinajstić information content (AvgIpc) is 3.16. The fourth-order valence-electron chi connectivity index (χ4n) is 4.50. The number of anilines is 1. The molecule has 0 radical (unpaired) electrons. The third kappa shape index (κ3) is 7.12. The van der Waals surface area contributed by atoms with E-state index >= 15 is 0 Å². The second-order valence-electron chi connectivity index (χ2n) is 9.19. The first-order valence-corrected chi connectivity index (χ1v) is 14.4. The van der Waals surface area contributed by atoms with Gasteiger partial charge in [0.1, 0.15) is 21.8 Å². The number of aromatic nitrogens is 1. The number of hydrogen-bond acceptors (Lipinski definition) is 6. The molecule has 0 unspecified atom stereocenters. The molecule has 1 saturated heterocycles. The molecule has 1 fully saturated rings. The summed E-state index contributed by atoms with van der Waals surface area (Å²) in [6, 6.07) is 12.2. The summed E-state index contributed by atoms with van der Waals surface area (Å²) in [5.74, 6) is 0.520. The van der Waals surface area contributed by atoms with Gasteiger partial charge in [-0.05, 0) is 43.9 Å². The molecule has 1 aliphatic heterocycles. The number of nitrogens with one attached hydrogen (secondary N) is 1. The van der Waals surface area contributed by atoms with Crippen LogP contribution in [0.5, 0.6) is 0 Å². The highest BCUT2D eigenvalue weighted by atomic mass is 32.2. The maximum absolute atomic E-state index is 13.3. The molecule has 1 amide bonds.